The average molecular weight is 347 g/mol. The Kier molecular flexibility index (Phi) is 4.64. The first kappa shape index (κ1) is 16.3. The zero-order valence-electron chi connectivity index (χ0n) is 14.4. The van der Waals surface area contributed by atoms with Crippen LogP contribution in [-0.4, -0.2) is 20.7 Å². The Morgan fingerprint density at radius 3 is 2.69 bits per heavy atom. The van der Waals surface area contributed by atoms with Gasteiger partial charge in [0.1, 0.15) is 12.2 Å². The zero-order chi connectivity index (χ0) is 17.8. The van der Waals surface area contributed by atoms with Gasteiger partial charge in [-0.1, -0.05) is 24.3 Å². The lowest BCUT2D eigenvalue weighted by molar-refractivity contribution is -0.120. The molecule has 1 amide bonds. The summed E-state index contributed by atoms with van der Waals surface area (Å²) >= 11 is 0. The number of nitrogens with one attached hydrogen (secondary N) is 2. The molecule has 0 fully saturated rings. The van der Waals surface area contributed by atoms with Gasteiger partial charge in [-0.05, 0) is 43.2 Å². The molecule has 3 aromatic rings. The van der Waals surface area contributed by atoms with Crippen LogP contribution in [0.4, 0.5) is 17.1 Å². The third-order valence-electron chi connectivity index (χ3n) is 4.69. The van der Waals surface area contributed by atoms with Crippen LogP contribution in [0.3, 0.4) is 0 Å². The quantitative estimate of drug-likeness (QED) is 0.756. The van der Waals surface area contributed by atoms with Gasteiger partial charge >= 0.3 is 0 Å². The maximum atomic E-state index is 12.7. The second-order valence-corrected chi connectivity index (χ2v) is 6.53. The smallest absolute Gasteiger partial charge is 0.227 e. The first-order chi connectivity index (χ1) is 12.8. The van der Waals surface area contributed by atoms with Crippen molar-refractivity contribution in [1.29, 1.82) is 0 Å². The van der Waals surface area contributed by atoms with Crippen molar-refractivity contribution in [2.24, 2.45) is 5.92 Å². The summed E-state index contributed by atoms with van der Waals surface area (Å²) in [5.41, 5.74) is 2.77. The van der Waals surface area contributed by atoms with E-state index >= 15 is 0 Å². The fourth-order valence-electron chi connectivity index (χ4n) is 3.27. The fourth-order valence-corrected chi connectivity index (χ4v) is 3.27. The molecule has 2 N–H and O–H groups in total. The highest BCUT2D eigenvalue weighted by Crippen LogP contribution is 2.23. The van der Waals surface area contributed by atoms with Crippen molar-refractivity contribution in [3.8, 4) is 0 Å². The number of para-hydroxylation sites is 1. The minimum atomic E-state index is -0.0116. The van der Waals surface area contributed by atoms with Gasteiger partial charge in [0.15, 0.2) is 0 Å². The molecule has 1 atom stereocenters. The monoisotopic (exact) mass is 347 g/mol. The van der Waals surface area contributed by atoms with Gasteiger partial charge in [0, 0.05) is 35.9 Å². The van der Waals surface area contributed by atoms with Crippen molar-refractivity contribution in [2.45, 2.75) is 25.8 Å². The van der Waals surface area contributed by atoms with Crippen molar-refractivity contribution >= 4 is 23.0 Å². The lowest BCUT2D eigenvalue weighted by Crippen LogP contribution is -2.23. The van der Waals surface area contributed by atoms with E-state index in [-0.39, 0.29) is 11.8 Å². The predicted octanol–water partition coefficient (Wildman–Crippen LogP) is 3.61. The van der Waals surface area contributed by atoms with Crippen molar-refractivity contribution < 1.29 is 4.79 Å². The van der Waals surface area contributed by atoms with Crippen LogP contribution in [0.2, 0.25) is 0 Å². The molecule has 1 aliphatic rings. The first-order valence-electron chi connectivity index (χ1n) is 8.87. The molecule has 0 bridgehead atoms. The summed E-state index contributed by atoms with van der Waals surface area (Å²) in [6, 6.07) is 17.8. The van der Waals surface area contributed by atoms with Crippen LogP contribution in [0.5, 0.6) is 0 Å². The van der Waals surface area contributed by atoms with E-state index in [2.05, 4.69) is 20.8 Å². The maximum Gasteiger partial charge on any atom is 0.227 e. The minimum Gasteiger partial charge on any atom is -0.355 e. The second kappa shape index (κ2) is 7.39. The standard InChI is InChI=1S/C20H21N5O/c26-20(15-9-10-19-24-21-14-25(19)12-11-15)23-18-8-4-7-17(13-18)22-16-5-2-1-3-6-16/h1-8,13-15,22H,9-12H2,(H,23,26). The number of amides is 1. The molecule has 1 aromatic heterocycles. The molecule has 1 unspecified atom stereocenters. The number of hydrogen-bond donors (Lipinski definition) is 2. The number of fused-ring (bicyclic) bond motifs is 1. The summed E-state index contributed by atoms with van der Waals surface area (Å²) in [6.45, 7) is 0.788. The lowest BCUT2D eigenvalue weighted by atomic mass is 9.99. The molecule has 6 heteroatoms. The van der Waals surface area contributed by atoms with Gasteiger partial charge in [0.2, 0.25) is 5.91 Å². The van der Waals surface area contributed by atoms with Gasteiger partial charge in [-0.15, -0.1) is 10.2 Å². The van der Waals surface area contributed by atoms with E-state index in [1.54, 1.807) is 6.33 Å². The Morgan fingerprint density at radius 1 is 1.00 bits per heavy atom. The molecule has 1 aliphatic heterocycles. The molecule has 0 aliphatic carbocycles. The van der Waals surface area contributed by atoms with Crippen LogP contribution >= 0.6 is 0 Å². The van der Waals surface area contributed by atoms with Crippen LogP contribution in [0.1, 0.15) is 18.7 Å². The lowest BCUT2D eigenvalue weighted by Gasteiger charge is -2.15. The van der Waals surface area contributed by atoms with Crippen LogP contribution in [0.25, 0.3) is 0 Å². The van der Waals surface area contributed by atoms with Gasteiger partial charge in [-0.25, -0.2) is 0 Å². The second-order valence-electron chi connectivity index (χ2n) is 6.53. The van der Waals surface area contributed by atoms with Gasteiger partial charge in [0.25, 0.3) is 0 Å². The fraction of sp³-hybridized carbons (Fsp3) is 0.250. The Bertz CT molecular complexity index is 867. The Morgan fingerprint density at radius 2 is 1.81 bits per heavy atom. The zero-order valence-corrected chi connectivity index (χ0v) is 14.4. The number of rotatable bonds is 4. The molecule has 0 saturated carbocycles. The topological polar surface area (TPSA) is 71.8 Å². The normalized spacial score (nSPS) is 16.4. The number of aryl methyl sites for hydroxylation is 2. The highest BCUT2D eigenvalue weighted by molar-refractivity contribution is 5.93. The van der Waals surface area contributed by atoms with Crippen LogP contribution in [0, 0.1) is 5.92 Å². The van der Waals surface area contributed by atoms with Crippen molar-refractivity contribution in [2.75, 3.05) is 10.6 Å². The summed E-state index contributed by atoms with van der Waals surface area (Å²) in [7, 11) is 0. The Balaban J connectivity index is 1.40. The Labute approximate surface area is 152 Å². The number of hydrogen-bond acceptors (Lipinski definition) is 4. The van der Waals surface area contributed by atoms with Gasteiger partial charge in [0.05, 0.1) is 0 Å². The first-order valence-corrected chi connectivity index (χ1v) is 8.87. The molecule has 6 nitrogen and oxygen atoms in total. The summed E-state index contributed by atoms with van der Waals surface area (Å²) in [5, 5.41) is 14.5. The summed E-state index contributed by atoms with van der Waals surface area (Å²) in [4.78, 5) is 12.7. The highest BCUT2D eigenvalue weighted by atomic mass is 16.1. The molecule has 132 valence electrons. The van der Waals surface area contributed by atoms with Gasteiger partial charge in [-0.2, -0.15) is 0 Å². The molecule has 26 heavy (non-hydrogen) atoms. The van der Waals surface area contributed by atoms with Gasteiger partial charge in [-0.3, -0.25) is 4.79 Å². The summed E-state index contributed by atoms with van der Waals surface area (Å²) in [6.07, 6.45) is 4.13. The third kappa shape index (κ3) is 3.74. The van der Waals surface area contributed by atoms with E-state index in [4.69, 9.17) is 0 Å². The van der Waals surface area contributed by atoms with E-state index < -0.39 is 0 Å². The van der Waals surface area contributed by atoms with Gasteiger partial charge < -0.3 is 15.2 Å². The van der Waals surface area contributed by atoms with Crippen molar-refractivity contribution in [3.63, 3.8) is 0 Å². The number of anilines is 3. The molecule has 2 aromatic carbocycles. The minimum absolute atomic E-state index is 0.0116. The highest BCUT2D eigenvalue weighted by Gasteiger charge is 2.23. The molecule has 0 spiro atoms. The van der Waals surface area contributed by atoms with E-state index in [1.165, 1.54) is 0 Å². The predicted molar refractivity (Wildman–Crippen MR) is 101 cm³/mol. The number of carbonyl (C=O) groups excluding carboxylic acids is 1. The summed E-state index contributed by atoms with van der Waals surface area (Å²) in [5.74, 6) is 1.03. The summed E-state index contributed by atoms with van der Waals surface area (Å²) < 4.78 is 2.04. The Hall–Kier alpha value is -3.15. The van der Waals surface area contributed by atoms with Crippen LogP contribution in [0.15, 0.2) is 60.9 Å². The SMILES string of the molecule is O=C(Nc1cccc(Nc2ccccc2)c1)C1CCc2nncn2CC1. The van der Waals surface area contributed by atoms with Crippen LogP contribution in [-0.2, 0) is 17.8 Å². The number of aromatic nitrogens is 3. The number of nitrogens with zero attached hydrogens (tertiary/aromatic N) is 3. The number of benzene rings is 2. The van der Waals surface area contributed by atoms with E-state index in [1.807, 2.05) is 59.2 Å². The molecule has 0 radical (unpaired) electrons. The molecule has 0 saturated heterocycles. The van der Waals surface area contributed by atoms with Crippen molar-refractivity contribution in [3.05, 3.63) is 66.7 Å². The van der Waals surface area contributed by atoms with Crippen LogP contribution < -0.4 is 10.6 Å². The molecular weight excluding hydrogens is 326 g/mol. The maximum absolute atomic E-state index is 12.7. The van der Waals surface area contributed by atoms with E-state index in [0.29, 0.717) is 0 Å². The largest absolute Gasteiger partial charge is 0.355 e. The van der Waals surface area contributed by atoms with E-state index in [9.17, 15) is 4.79 Å². The van der Waals surface area contributed by atoms with E-state index in [0.717, 1.165) is 48.7 Å². The molecular formula is C20H21N5O. The third-order valence-corrected chi connectivity index (χ3v) is 4.69. The van der Waals surface area contributed by atoms with Crippen molar-refractivity contribution in [1.82, 2.24) is 14.8 Å². The number of carbonyl (C=O) groups is 1. The molecule has 2 heterocycles. The average Bonchev–Trinajstić information content (AvgIpc) is 3.01. The molecule has 4 rings (SSSR count).